The standard InChI is InChI=1S/C16H11N3O2/c20-15-13(9-5-1-2-6-10(9)18-15)14-16(21)19-12-8-4-3-7-11(12)17-14/h1-8,13H,(H,18,20)(H,19,21). The number of hydrogen-bond acceptors (Lipinski definition) is 3. The third-order valence-corrected chi connectivity index (χ3v) is 3.69. The van der Waals surface area contributed by atoms with Gasteiger partial charge in [0.25, 0.3) is 5.56 Å². The number of para-hydroxylation sites is 3. The van der Waals surface area contributed by atoms with Gasteiger partial charge in [-0.1, -0.05) is 30.3 Å². The van der Waals surface area contributed by atoms with Gasteiger partial charge in [0.15, 0.2) is 0 Å². The number of aromatic amines is 1. The van der Waals surface area contributed by atoms with Crippen LogP contribution in [0.2, 0.25) is 0 Å². The molecule has 21 heavy (non-hydrogen) atoms. The molecule has 5 heteroatoms. The van der Waals surface area contributed by atoms with E-state index in [0.717, 1.165) is 11.3 Å². The van der Waals surface area contributed by atoms with Gasteiger partial charge in [0.1, 0.15) is 11.6 Å². The number of anilines is 1. The molecule has 1 atom stereocenters. The number of amides is 1. The predicted molar refractivity (Wildman–Crippen MR) is 79.3 cm³/mol. The second-order valence-electron chi connectivity index (χ2n) is 4.98. The van der Waals surface area contributed by atoms with Gasteiger partial charge in [-0.3, -0.25) is 9.59 Å². The van der Waals surface area contributed by atoms with E-state index in [1.165, 1.54) is 0 Å². The number of carbonyl (C=O) groups is 1. The topological polar surface area (TPSA) is 74.8 Å². The summed E-state index contributed by atoms with van der Waals surface area (Å²) in [6, 6.07) is 14.6. The number of aromatic nitrogens is 2. The fraction of sp³-hybridized carbons (Fsp3) is 0.0625. The second-order valence-corrected chi connectivity index (χ2v) is 4.98. The van der Waals surface area contributed by atoms with Gasteiger partial charge in [-0.05, 0) is 23.8 Å². The summed E-state index contributed by atoms with van der Waals surface area (Å²) in [6.07, 6.45) is 0. The molecule has 0 bridgehead atoms. The van der Waals surface area contributed by atoms with Crippen LogP contribution in [0, 0.1) is 0 Å². The second kappa shape index (κ2) is 4.28. The van der Waals surface area contributed by atoms with E-state index in [1.807, 2.05) is 42.5 Å². The molecule has 0 aliphatic carbocycles. The Hall–Kier alpha value is -2.95. The Bertz CT molecular complexity index is 930. The number of H-pyrrole nitrogens is 1. The molecule has 102 valence electrons. The van der Waals surface area contributed by atoms with E-state index < -0.39 is 5.92 Å². The molecule has 4 rings (SSSR count). The SMILES string of the molecule is O=C1Nc2ccccc2C1c1nc2ccccc2[nH]c1=O. The molecule has 2 aromatic carbocycles. The summed E-state index contributed by atoms with van der Waals surface area (Å²) < 4.78 is 0. The van der Waals surface area contributed by atoms with Crippen LogP contribution in [0.4, 0.5) is 5.69 Å². The Kier molecular flexibility index (Phi) is 2.41. The molecule has 0 saturated carbocycles. The minimum Gasteiger partial charge on any atom is -0.325 e. The van der Waals surface area contributed by atoms with Crippen molar-refractivity contribution in [3.8, 4) is 0 Å². The number of rotatable bonds is 1. The van der Waals surface area contributed by atoms with Gasteiger partial charge in [0, 0.05) is 5.69 Å². The van der Waals surface area contributed by atoms with E-state index in [4.69, 9.17) is 0 Å². The zero-order chi connectivity index (χ0) is 14.4. The highest BCUT2D eigenvalue weighted by molar-refractivity contribution is 6.04. The average Bonchev–Trinajstić information content (AvgIpc) is 2.82. The van der Waals surface area contributed by atoms with E-state index in [0.29, 0.717) is 11.0 Å². The quantitative estimate of drug-likeness (QED) is 0.714. The highest BCUT2D eigenvalue weighted by Gasteiger charge is 2.34. The summed E-state index contributed by atoms with van der Waals surface area (Å²) in [4.78, 5) is 31.7. The number of fused-ring (bicyclic) bond motifs is 2. The van der Waals surface area contributed by atoms with Gasteiger partial charge in [-0.15, -0.1) is 0 Å². The lowest BCUT2D eigenvalue weighted by Crippen LogP contribution is -2.24. The van der Waals surface area contributed by atoms with E-state index in [1.54, 1.807) is 6.07 Å². The normalized spacial score (nSPS) is 16.8. The largest absolute Gasteiger partial charge is 0.325 e. The number of carbonyl (C=O) groups excluding carboxylic acids is 1. The summed E-state index contributed by atoms with van der Waals surface area (Å²) in [6.45, 7) is 0. The van der Waals surface area contributed by atoms with Crippen molar-refractivity contribution in [1.82, 2.24) is 9.97 Å². The molecular formula is C16H11N3O2. The van der Waals surface area contributed by atoms with Crippen LogP contribution in [0.1, 0.15) is 17.2 Å². The number of nitrogens with zero attached hydrogens (tertiary/aromatic N) is 1. The molecule has 1 aromatic heterocycles. The van der Waals surface area contributed by atoms with E-state index in [9.17, 15) is 9.59 Å². The molecule has 2 N–H and O–H groups in total. The molecule has 2 heterocycles. The molecule has 0 spiro atoms. The average molecular weight is 277 g/mol. The van der Waals surface area contributed by atoms with E-state index in [2.05, 4.69) is 15.3 Å². The van der Waals surface area contributed by atoms with Crippen molar-refractivity contribution in [2.75, 3.05) is 5.32 Å². The van der Waals surface area contributed by atoms with Crippen molar-refractivity contribution in [1.29, 1.82) is 0 Å². The molecule has 5 nitrogen and oxygen atoms in total. The zero-order valence-electron chi connectivity index (χ0n) is 11.0. The van der Waals surface area contributed by atoms with Crippen molar-refractivity contribution in [3.05, 3.63) is 70.1 Å². The molecular weight excluding hydrogens is 266 g/mol. The fourth-order valence-electron chi connectivity index (χ4n) is 2.72. The molecule has 0 saturated heterocycles. The first-order valence-corrected chi connectivity index (χ1v) is 6.63. The van der Waals surface area contributed by atoms with Gasteiger partial charge < -0.3 is 10.3 Å². The lowest BCUT2D eigenvalue weighted by atomic mass is 9.97. The summed E-state index contributed by atoms with van der Waals surface area (Å²) in [7, 11) is 0. The minimum absolute atomic E-state index is 0.218. The minimum atomic E-state index is -0.658. The maximum atomic E-state index is 12.3. The van der Waals surface area contributed by atoms with Crippen LogP contribution in [0.25, 0.3) is 11.0 Å². The Morgan fingerprint density at radius 3 is 2.62 bits per heavy atom. The maximum Gasteiger partial charge on any atom is 0.271 e. The third kappa shape index (κ3) is 1.74. The summed E-state index contributed by atoms with van der Waals surface area (Å²) in [5, 5.41) is 2.79. The lowest BCUT2D eigenvalue weighted by molar-refractivity contribution is -0.116. The molecule has 0 fully saturated rings. The Morgan fingerprint density at radius 1 is 0.952 bits per heavy atom. The first-order chi connectivity index (χ1) is 10.2. The summed E-state index contributed by atoms with van der Waals surface area (Å²) in [5.74, 6) is -0.876. The molecule has 1 unspecified atom stereocenters. The fourth-order valence-corrected chi connectivity index (χ4v) is 2.72. The molecule has 1 aliphatic heterocycles. The smallest absolute Gasteiger partial charge is 0.271 e. The summed E-state index contributed by atoms with van der Waals surface area (Å²) in [5.41, 5.74) is 2.77. The first kappa shape index (κ1) is 11.8. The van der Waals surface area contributed by atoms with E-state index >= 15 is 0 Å². The van der Waals surface area contributed by atoms with Crippen LogP contribution in [-0.4, -0.2) is 15.9 Å². The van der Waals surface area contributed by atoms with Crippen molar-refractivity contribution >= 4 is 22.6 Å². The van der Waals surface area contributed by atoms with Crippen molar-refractivity contribution in [2.45, 2.75) is 5.92 Å². The Balaban J connectivity index is 1.96. The monoisotopic (exact) mass is 277 g/mol. The van der Waals surface area contributed by atoms with Crippen LogP contribution in [0.15, 0.2) is 53.3 Å². The number of hydrogen-bond donors (Lipinski definition) is 2. The van der Waals surface area contributed by atoms with Crippen LogP contribution in [0.3, 0.4) is 0 Å². The Morgan fingerprint density at radius 2 is 1.71 bits per heavy atom. The van der Waals surface area contributed by atoms with Gasteiger partial charge in [0.2, 0.25) is 5.91 Å². The maximum absolute atomic E-state index is 12.3. The van der Waals surface area contributed by atoms with Gasteiger partial charge in [-0.2, -0.15) is 0 Å². The van der Waals surface area contributed by atoms with Crippen LogP contribution in [-0.2, 0) is 4.79 Å². The number of nitrogens with one attached hydrogen (secondary N) is 2. The summed E-state index contributed by atoms with van der Waals surface area (Å²) >= 11 is 0. The van der Waals surface area contributed by atoms with Crippen LogP contribution in [0.5, 0.6) is 0 Å². The van der Waals surface area contributed by atoms with Crippen molar-refractivity contribution in [3.63, 3.8) is 0 Å². The zero-order valence-corrected chi connectivity index (χ0v) is 11.0. The van der Waals surface area contributed by atoms with Crippen LogP contribution >= 0.6 is 0 Å². The highest BCUT2D eigenvalue weighted by atomic mass is 16.2. The Labute approximate surface area is 119 Å². The van der Waals surface area contributed by atoms with Crippen molar-refractivity contribution in [2.24, 2.45) is 0 Å². The van der Waals surface area contributed by atoms with E-state index in [-0.39, 0.29) is 17.2 Å². The van der Waals surface area contributed by atoms with Gasteiger partial charge in [-0.25, -0.2) is 4.98 Å². The van der Waals surface area contributed by atoms with Crippen LogP contribution < -0.4 is 10.9 Å². The molecule has 3 aromatic rings. The highest BCUT2D eigenvalue weighted by Crippen LogP contribution is 2.35. The number of benzene rings is 2. The van der Waals surface area contributed by atoms with Gasteiger partial charge >= 0.3 is 0 Å². The molecule has 0 radical (unpaired) electrons. The predicted octanol–water partition coefficient (Wildman–Crippen LogP) is 2.01. The molecule has 1 amide bonds. The van der Waals surface area contributed by atoms with Crippen molar-refractivity contribution < 1.29 is 4.79 Å². The molecule has 1 aliphatic rings. The first-order valence-electron chi connectivity index (χ1n) is 6.63. The lowest BCUT2D eigenvalue weighted by Gasteiger charge is -2.08. The van der Waals surface area contributed by atoms with Gasteiger partial charge in [0.05, 0.1) is 11.0 Å². The third-order valence-electron chi connectivity index (χ3n) is 3.69.